The number of nitrogens with one attached hydrogen (secondary N) is 2. The van der Waals surface area contributed by atoms with Gasteiger partial charge < -0.3 is 15.4 Å². The predicted octanol–water partition coefficient (Wildman–Crippen LogP) is 4.13. The van der Waals surface area contributed by atoms with Crippen molar-refractivity contribution in [2.75, 3.05) is 26.7 Å². The number of piperidine rings is 1. The van der Waals surface area contributed by atoms with Crippen molar-refractivity contribution in [1.29, 1.82) is 0 Å². The molecule has 4 rings (SSSR count). The molecular formula is C24H35N5OS. The summed E-state index contributed by atoms with van der Waals surface area (Å²) >= 11 is 1.74. The summed E-state index contributed by atoms with van der Waals surface area (Å²) in [4.78, 5) is 11.6. The van der Waals surface area contributed by atoms with Crippen molar-refractivity contribution >= 4 is 17.3 Å². The molecule has 0 amide bonds. The Hall–Kier alpha value is -2.12. The van der Waals surface area contributed by atoms with Crippen LogP contribution in [0.5, 0.6) is 5.75 Å². The molecule has 6 nitrogen and oxygen atoms in total. The van der Waals surface area contributed by atoms with Crippen molar-refractivity contribution in [3.63, 3.8) is 0 Å². The van der Waals surface area contributed by atoms with Crippen LogP contribution in [0, 0.1) is 12.8 Å². The van der Waals surface area contributed by atoms with Gasteiger partial charge in [0.1, 0.15) is 11.4 Å². The predicted molar refractivity (Wildman–Crippen MR) is 128 cm³/mol. The maximum Gasteiger partial charge on any atom is 0.191 e. The van der Waals surface area contributed by atoms with Gasteiger partial charge in [0.25, 0.3) is 0 Å². The minimum Gasteiger partial charge on any atom is -0.487 e. The number of aryl methyl sites for hydroxylation is 1. The van der Waals surface area contributed by atoms with Gasteiger partial charge >= 0.3 is 0 Å². The molecule has 3 heterocycles. The Kier molecular flexibility index (Phi) is 6.82. The highest BCUT2D eigenvalue weighted by Crippen LogP contribution is 2.39. The summed E-state index contributed by atoms with van der Waals surface area (Å²) < 4.78 is 6.17. The molecule has 31 heavy (non-hydrogen) atoms. The molecule has 0 saturated carbocycles. The molecule has 1 unspecified atom stereocenters. The molecule has 168 valence electrons. The quantitative estimate of drug-likeness (QED) is 0.540. The standard InChI is InChI=1S/C24H35N5OS/c1-17-27-19(16-31-17)15-29-11-9-18(10-12-29)14-26-23(25-4)28-21-13-24(2,3)30-22-8-6-5-7-20(21)22/h5-8,16,18,21H,9-15H2,1-4H3,(H2,25,26,28). The van der Waals surface area contributed by atoms with Crippen molar-refractivity contribution in [1.82, 2.24) is 20.5 Å². The van der Waals surface area contributed by atoms with Gasteiger partial charge in [-0.3, -0.25) is 9.89 Å². The topological polar surface area (TPSA) is 61.8 Å². The fraction of sp³-hybridized carbons (Fsp3) is 0.583. The molecule has 0 bridgehead atoms. The number of guanidine groups is 1. The van der Waals surface area contributed by atoms with Gasteiger partial charge in [-0.1, -0.05) is 18.2 Å². The molecule has 1 atom stereocenters. The lowest BCUT2D eigenvalue weighted by Gasteiger charge is -2.38. The third kappa shape index (κ3) is 5.77. The number of hydrogen-bond acceptors (Lipinski definition) is 5. The number of hydrogen-bond donors (Lipinski definition) is 2. The van der Waals surface area contributed by atoms with Gasteiger partial charge in [-0.05, 0) is 58.7 Å². The molecule has 0 radical (unpaired) electrons. The summed E-state index contributed by atoms with van der Waals surface area (Å²) in [6.45, 7) is 10.6. The molecule has 2 aliphatic heterocycles. The van der Waals surface area contributed by atoms with E-state index in [-0.39, 0.29) is 11.6 Å². The number of likely N-dealkylation sites (tertiary alicyclic amines) is 1. The second kappa shape index (κ2) is 9.57. The third-order valence-corrected chi connectivity index (χ3v) is 7.05. The number of aliphatic imine (C=N–C) groups is 1. The maximum atomic E-state index is 6.17. The normalized spacial score (nSPS) is 21.9. The molecule has 1 fully saturated rings. The van der Waals surface area contributed by atoms with Gasteiger partial charge in [0, 0.05) is 37.5 Å². The number of benzene rings is 1. The van der Waals surface area contributed by atoms with Gasteiger partial charge in [0.05, 0.1) is 16.7 Å². The van der Waals surface area contributed by atoms with Crippen molar-refractivity contribution in [3.8, 4) is 5.75 Å². The van der Waals surface area contributed by atoms with Gasteiger partial charge in [0.15, 0.2) is 5.96 Å². The van der Waals surface area contributed by atoms with Crippen LogP contribution in [0.3, 0.4) is 0 Å². The Bertz CT molecular complexity index is 901. The van der Waals surface area contributed by atoms with E-state index in [1.54, 1.807) is 11.3 Å². The highest BCUT2D eigenvalue weighted by atomic mass is 32.1. The summed E-state index contributed by atoms with van der Waals surface area (Å²) in [5.74, 6) is 2.51. The van der Waals surface area contributed by atoms with Gasteiger partial charge in [-0.2, -0.15) is 0 Å². The maximum absolute atomic E-state index is 6.17. The lowest BCUT2D eigenvalue weighted by atomic mass is 9.90. The Morgan fingerprint density at radius 3 is 2.77 bits per heavy atom. The van der Waals surface area contributed by atoms with Crippen LogP contribution in [-0.4, -0.2) is 48.1 Å². The zero-order chi connectivity index (χ0) is 21.8. The van der Waals surface area contributed by atoms with Crippen molar-refractivity contribution in [2.24, 2.45) is 10.9 Å². The van der Waals surface area contributed by atoms with Gasteiger partial charge in [0.2, 0.25) is 0 Å². The van der Waals surface area contributed by atoms with Crippen molar-refractivity contribution < 1.29 is 4.74 Å². The summed E-state index contributed by atoms with van der Waals surface area (Å²) in [5.41, 5.74) is 2.21. The van der Waals surface area contributed by atoms with E-state index >= 15 is 0 Å². The average molecular weight is 442 g/mol. The van der Waals surface area contributed by atoms with Crippen LogP contribution in [0.1, 0.15) is 55.4 Å². The Balaban J connectivity index is 1.27. The van der Waals surface area contributed by atoms with E-state index in [0.29, 0.717) is 5.92 Å². The Morgan fingerprint density at radius 1 is 1.29 bits per heavy atom. The van der Waals surface area contributed by atoms with Gasteiger partial charge in [-0.15, -0.1) is 11.3 Å². The second-order valence-corrected chi connectivity index (χ2v) is 10.4. The van der Waals surface area contributed by atoms with Crippen LogP contribution in [-0.2, 0) is 6.54 Å². The zero-order valence-electron chi connectivity index (χ0n) is 19.1. The molecule has 1 aromatic carbocycles. The molecule has 2 aromatic rings. The number of rotatable bonds is 5. The SMILES string of the molecule is CN=C(NCC1CCN(Cc2csc(C)n2)CC1)NC1CC(C)(C)Oc2ccccc21. The Morgan fingerprint density at radius 2 is 2.06 bits per heavy atom. The van der Waals surface area contributed by atoms with Crippen LogP contribution >= 0.6 is 11.3 Å². The molecule has 1 saturated heterocycles. The first kappa shape index (κ1) is 22.1. The smallest absolute Gasteiger partial charge is 0.191 e. The minimum atomic E-state index is -0.201. The Labute approximate surface area is 190 Å². The van der Waals surface area contributed by atoms with Gasteiger partial charge in [-0.25, -0.2) is 4.98 Å². The number of thiazole rings is 1. The minimum absolute atomic E-state index is 0.189. The number of nitrogens with zero attached hydrogens (tertiary/aromatic N) is 3. The van der Waals surface area contributed by atoms with E-state index in [0.717, 1.165) is 49.3 Å². The van der Waals surface area contributed by atoms with E-state index in [4.69, 9.17) is 4.74 Å². The van der Waals surface area contributed by atoms with Crippen LogP contribution in [0.15, 0.2) is 34.6 Å². The molecule has 0 aliphatic carbocycles. The molecule has 2 aliphatic rings. The van der Waals surface area contributed by atoms with E-state index in [9.17, 15) is 0 Å². The largest absolute Gasteiger partial charge is 0.487 e. The third-order valence-electron chi connectivity index (χ3n) is 6.23. The first-order valence-corrected chi connectivity index (χ1v) is 12.2. The van der Waals surface area contributed by atoms with Crippen molar-refractivity contribution in [2.45, 2.75) is 58.2 Å². The number of aromatic nitrogens is 1. The average Bonchev–Trinajstić information content (AvgIpc) is 3.15. The van der Waals surface area contributed by atoms with E-state index in [1.807, 2.05) is 13.1 Å². The van der Waals surface area contributed by atoms with Crippen LogP contribution in [0.2, 0.25) is 0 Å². The highest BCUT2D eigenvalue weighted by Gasteiger charge is 2.34. The fourth-order valence-corrected chi connectivity index (χ4v) is 5.19. The summed E-state index contributed by atoms with van der Waals surface area (Å²) in [7, 11) is 1.85. The molecular weight excluding hydrogens is 406 g/mol. The van der Waals surface area contributed by atoms with Crippen LogP contribution < -0.4 is 15.4 Å². The fourth-order valence-electron chi connectivity index (χ4n) is 4.59. The summed E-state index contributed by atoms with van der Waals surface area (Å²) in [6.07, 6.45) is 3.32. The summed E-state index contributed by atoms with van der Waals surface area (Å²) in [6, 6.07) is 8.50. The number of fused-ring (bicyclic) bond motifs is 1. The molecule has 1 aromatic heterocycles. The van der Waals surface area contributed by atoms with Crippen LogP contribution in [0.4, 0.5) is 0 Å². The number of ether oxygens (including phenoxy) is 1. The lowest BCUT2D eigenvalue weighted by Crippen LogP contribution is -2.47. The molecule has 2 N–H and O–H groups in total. The monoisotopic (exact) mass is 441 g/mol. The van der Waals surface area contributed by atoms with Crippen molar-refractivity contribution in [3.05, 3.63) is 45.9 Å². The first-order chi connectivity index (χ1) is 14.9. The summed E-state index contributed by atoms with van der Waals surface area (Å²) in [5, 5.41) is 10.6. The molecule has 7 heteroatoms. The van der Waals surface area contributed by atoms with E-state index < -0.39 is 0 Å². The number of para-hydroxylation sites is 1. The van der Waals surface area contributed by atoms with E-state index in [2.05, 4.69) is 69.9 Å². The van der Waals surface area contributed by atoms with E-state index in [1.165, 1.54) is 24.1 Å². The molecule has 0 spiro atoms. The highest BCUT2D eigenvalue weighted by molar-refractivity contribution is 7.09. The lowest BCUT2D eigenvalue weighted by molar-refractivity contribution is 0.0693. The zero-order valence-corrected chi connectivity index (χ0v) is 20.0. The van der Waals surface area contributed by atoms with Crippen LogP contribution in [0.25, 0.3) is 0 Å². The first-order valence-electron chi connectivity index (χ1n) is 11.3. The second-order valence-electron chi connectivity index (χ2n) is 9.33.